The molecule has 0 radical (unpaired) electrons. The fourth-order valence-electron chi connectivity index (χ4n) is 6.21. The lowest BCUT2D eigenvalue weighted by molar-refractivity contribution is -0.239. The molecule has 3 aliphatic rings. The molecule has 1 saturated heterocycles. The number of rotatable bonds is 5. The molecule has 2 aromatic carbocycles. The zero-order chi connectivity index (χ0) is 27.5. The van der Waals surface area contributed by atoms with E-state index in [2.05, 4.69) is 13.8 Å². The van der Waals surface area contributed by atoms with Crippen molar-refractivity contribution < 1.29 is 38.8 Å². The molecule has 0 bridgehead atoms. The number of ether oxygens (including phenoxy) is 3. The second-order valence-corrected chi connectivity index (χ2v) is 10.8. The summed E-state index contributed by atoms with van der Waals surface area (Å²) in [6, 6.07) is 4.66. The average Bonchev–Trinajstić information content (AvgIpc) is 2.90. The molecule has 6 atom stereocenters. The first-order valence-electron chi connectivity index (χ1n) is 13.3. The molecule has 0 unspecified atom stereocenters. The van der Waals surface area contributed by atoms with Gasteiger partial charge in [-0.3, -0.25) is 14.4 Å². The van der Waals surface area contributed by atoms with Gasteiger partial charge in [-0.15, -0.1) is 0 Å². The normalized spacial score (nSPS) is 28.3. The molecule has 0 spiro atoms. The highest BCUT2D eigenvalue weighted by molar-refractivity contribution is 6.31. The zero-order valence-electron chi connectivity index (χ0n) is 22.4. The molecule has 0 saturated carbocycles. The van der Waals surface area contributed by atoms with Crippen LogP contribution in [0.15, 0.2) is 18.2 Å². The summed E-state index contributed by atoms with van der Waals surface area (Å²) in [5.74, 6) is -1.59. The number of phenolic OH excluding ortho intramolecular Hbond substituents is 2. The Kier molecular flexibility index (Phi) is 6.82. The monoisotopic (exact) mass is 522 g/mol. The van der Waals surface area contributed by atoms with Gasteiger partial charge >= 0.3 is 0 Å². The van der Waals surface area contributed by atoms with Gasteiger partial charge in [0.05, 0.1) is 36.0 Å². The largest absolute Gasteiger partial charge is 0.507 e. The molecular weight excluding hydrogens is 488 g/mol. The van der Waals surface area contributed by atoms with E-state index in [1.165, 1.54) is 13.2 Å². The molecule has 1 heterocycles. The summed E-state index contributed by atoms with van der Waals surface area (Å²) < 4.78 is 17.9. The summed E-state index contributed by atoms with van der Waals surface area (Å²) in [6.07, 6.45) is -0.101. The van der Waals surface area contributed by atoms with Crippen molar-refractivity contribution in [3.8, 4) is 17.2 Å². The van der Waals surface area contributed by atoms with Gasteiger partial charge in [-0.05, 0) is 37.7 Å². The fraction of sp³-hybridized carbons (Fsp3) is 0.500. The minimum atomic E-state index is -0.810. The van der Waals surface area contributed by atoms with Crippen molar-refractivity contribution >= 4 is 17.3 Å². The minimum absolute atomic E-state index is 0.00161. The number of carbonyl (C=O) groups is 3. The number of hydrogen-bond donors (Lipinski definition) is 2. The third-order valence-electron chi connectivity index (χ3n) is 8.72. The highest BCUT2D eigenvalue weighted by Crippen LogP contribution is 2.52. The number of Topliss-reactive ketones (excluding diaryl/α,β-unsaturated/α-hetero) is 1. The Morgan fingerprint density at radius 1 is 1.03 bits per heavy atom. The van der Waals surface area contributed by atoms with Crippen molar-refractivity contribution in [1.29, 1.82) is 0 Å². The van der Waals surface area contributed by atoms with Gasteiger partial charge in [-0.25, -0.2) is 0 Å². The number of hydrogen-bond acceptors (Lipinski definition) is 8. The third kappa shape index (κ3) is 4.01. The molecule has 38 heavy (non-hydrogen) atoms. The van der Waals surface area contributed by atoms with E-state index in [1.807, 2.05) is 6.92 Å². The van der Waals surface area contributed by atoms with Crippen LogP contribution in [-0.2, 0) is 20.7 Å². The molecule has 8 heteroatoms. The maximum absolute atomic E-state index is 13.7. The number of phenols is 2. The summed E-state index contributed by atoms with van der Waals surface area (Å²) >= 11 is 0. The molecule has 8 nitrogen and oxygen atoms in total. The summed E-state index contributed by atoms with van der Waals surface area (Å²) in [7, 11) is 1.40. The highest BCUT2D eigenvalue weighted by Gasteiger charge is 2.44. The van der Waals surface area contributed by atoms with E-state index in [1.54, 1.807) is 19.1 Å². The number of fused-ring (bicyclic) bond motifs is 3. The van der Waals surface area contributed by atoms with E-state index in [9.17, 15) is 24.6 Å². The summed E-state index contributed by atoms with van der Waals surface area (Å²) in [4.78, 5) is 40.1. The predicted molar refractivity (Wildman–Crippen MR) is 138 cm³/mol. The molecule has 2 aliphatic carbocycles. The standard InChI is InChI=1S/C30H34O8/c1-6-19(31)16-11-18-24(21(12-16)38-22-10-13(2)14(3)15(4)37-22)30(35)26-25(28(18)33)27(32)17-8-7-9-20(36-5)23(17)29(26)34/h7-9,13-16,21-22,33,35H,6,10-12H2,1-5H3/t13-,14+,15-,16+,21-,22-/m0/s1. The van der Waals surface area contributed by atoms with Crippen LogP contribution in [0.4, 0.5) is 0 Å². The topological polar surface area (TPSA) is 119 Å². The van der Waals surface area contributed by atoms with Crippen LogP contribution in [0.3, 0.4) is 0 Å². The van der Waals surface area contributed by atoms with Crippen molar-refractivity contribution in [2.75, 3.05) is 7.11 Å². The van der Waals surface area contributed by atoms with Crippen LogP contribution in [0.25, 0.3) is 0 Å². The van der Waals surface area contributed by atoms with Gasteiger partial charge in [0.1, 0.15) is 23.0 Å². The maximum atomic E-state index is 13.7. The van der Waals surface area contributed by atoms with Crippen LogP contribution >= 0.6 is 0 Å². The molecule has 0 aromatic heterocycles. The van der Waals surface area contributed by atoms with E-state index in [0.29, 0.717) is 24.7 Å². The van der Waals surface area contributed by atoms with E-state index < -0.39 is 35.6 Å². The predicted octanol–water partition coefficient (Wildman–Crippen LogP) is 4.89. The first-order chi connectivity index (χ1) is 18.1. The van der Waals surface area contributed by atoms with Crippen molar-refractivity contribution in [3.05, 3.63) is 51.6 Å². The zero-order valence-corrected chi connectivity index (χ0v) is 22.4. The molecule has 0 amide bonds. The molecule has 1 aliphatic heterocycles. The summed E-state index contributed by atoms with van der Waals surface area (Å²) in [6.45, 7) is 8.03. The van der Waals surface area contributed by atoms with Gasteiger partial charge in [0.2, 0.25) is 5.78 Å². The van der Waals surface area contributed by atoms with Gasteiger partial charge in [0, 0.05) is 35.4 Å². The van der Waals surface area contributed by atoms with E-state index >= 15 is 0 Å². The molecular formula is C30H34O8. The van der Waals surface area contributed by atoms with Gasteiger partial charge < -0.3 is 24.4 Å². The van der Waals surface area contributed by atoms with E-state index in [4.69, 9.17) is 14.2 Å². The second-order valence-electron chi connectivity index (χ2n) is 10.8. The van der Waals surface area contributed by atoms with E-state index in [-0.39, 0.29) is 69.6 Å². The van der Waals surface area contributed by atoms with Gasteiger partial charge in [0.25, 0.3) is 0 Å². The van der Waals surface area contributed by atoms with Gasteiger partial charge in [0.15, 0.2) is 12.1 Å². The Morgan fingerprint density at radius 2 is 1.74 bits per heavy atom. The summed E-state index contributed by atoms with van der Waals surface area (Å²) in [5.41, 5.74) is 0.124. The Hall–Kier alpha value is -3.23. The smallest absolute Gasteiger partial charge is 0.202 e. The van der Waals surface area contributed by atoms with Crippen molar-refractivity contribution in [1.82, 2.24) is 0 Å². The van der Waals surface area contributed by atoms with Crippen molar-refractivity contribution in [2.45, 2.75) is 71.9 Å². The van der Waals surface area contributed by atoms with Crippen LogP contribution in [0.5, 0.6) is 17.2 Å². The van der Waals surface area contributed by atoms with Gasteiger partial charge in [-0.1, -0.05) is 32.9 Å². The van der Waals surface area contributed by atoms with Crippen LogP contribution in [0.1, 0.15) is 96.0 Å². The Labute approximate surface area is 221 Å². The second kappa shape index (κ2) is 9.82. The van der Waals surface area contributed by atoms with E-state index in [0.717, 1.165) is 0 Å². The highest BCUT2D eigenvalue weighted by atomic mass is 16.7. The fourth-order valence-corrected chi connectivity index (χ4v) is 6.21. The molecule has 2 N–H and O–H groups in total. The number of methoxy groups -OCH3 is 1. The lowest BCUT2D eigenvalue weighted by Gasteiger charge is -2.41. The number of carbonyl (C=O) groups excluding carboxylic acids is 3. The van der Waals surface area contributed by atoms with Crippen LogP contribution in [0.2, 0.25) is 0 Å². The molecule has 1 fully saturated rings. The lowest BCUT2D eigenvalue weighted by Crippen LogP contribution is -2.40. The van der Waals surface area contributed by atoms with Crippen molar-refractivity contribution in [3.63, 3.8) is 0 Å². The van der Waals surface area contributed by atoms with Crippen LogP contribution in [-0.4, -0.2) is 47.1 Å². The first kappa shape index (κ1) is 26.4. The molecule has 2 aromatic rings. The Morgan fingerprint density at radius 3 is 2.39 bits per heavy atom. The van der Waals surface area contributed by atoms with Crippen LogP contribution in [0, 0.1) is 17.8 Å². The Bertz CT molecular complexity index is 1320. The number of aromatic hydroxyl groups is 2. The number of benzene rings is 2. The molecule has 5 rings (SSSR count). The molecule has 202 valence electrons. The maximum Gasteiger partial charge on any atom is 0.202 e. The summed E-state index contributed by atoms with van der Waals surface area (Å²) in [5, 5.41) is 23.0. The van der Waals surface area contributed by atoms with Crippen LogP contribution < -0.4 is 4.74 Å². The first-order valence-corrected chi connectivity index (χ1v) is 13.3. The lowest BCUT2D eigenvalue weighted by atomic mass is 9.73. The quantitative estimate of drug-likeness (QED) is 0.455. The third-order valence-corrected chi connectivity index (χ3v) is 8.72. The minimum Gasteiger partial charge on any atom is -0.507 e. The average molecular weight is 523 g/mol. The van der Waals surface area contributed by atoms with Crippen molar-refractivity contribution in [2.24, 2.45) is 17.8 Å². The van der Waals surface area contributed by atoms with Gasteiger partial charge in [-0.2, -0.15) is 0 Å². The Balaban J connectivity index is 1.65. The number of ketones is 3. The SMILES string of the molecule is CCC(=O)[C@@H]1Cc2c(O)c3c(c(O)c2[C@@H](O[C@H]2C[C@H](C)[C@@H](C)[C@H](C)O2)C1)C(=O)c1c(OC)cccc1C3=O.